The van der Waals surface area contributed by atoms with E-state index in [-0.39, 0.29) is 49.1 Å². The molecule has 0 radical (unpaired) electrons. The number of carboxylic acids is 1. The first-order chi connectivity index (χ1) is 24.6. The van der Waals surface area contributed by atoms with Crippen molar-refractivity contribution >= 4 is 17.9 Å². The number of carboxylic acid groups (broad SMARTS) is 1. The van der Waals surface area contributed by atoms with Gasteiger partial charge in [0.05, 0.1) is 34.4 Å². The molecule has 0 aromatic heterocycles. The van der Waals surface area contributed by atoms with Crippen molar-refractivity contribution in [1.82, 2.24) is 0 Å². The van der Waals surface area contributed by atoms with Crippen molar-refractivity contribution in [2.24, 2.45) is 0 Å². The summed E-state index contributed by atoms with van der Waals surface area (Å²) in [7, 11) is 5.47. The fraction of sp³-hybridized carbons (Fsp3) is 0.558. The van der Waals surface area contributed by atoms with Gasteiger partial charge in [0, 0.05) is 19.3 Å². The number of allylic oxidation sites excluding steroid dienone is 16. The predicted molar refractivity (Wildman–Crippen MR) is 210 cm³/mol. The van der Waals surface area contributed by atoms with Crippen molar-refractivity contribution in [2.75, 3.05) is 41.0 Å². The van der Waals surface area contributed by atoms with Crippen LogP contribution in [0.25, 0.3) is 0 Å². The fourth-order valence-corrected chi connectivity index (χ4v) is 4.74. The fourth-order valence-electron chi connectivity index (χ4n) is 4.74. The molecule has 8 nitrogen and oxygen atoms in total. The molecule has 0 spiro atoms. The number of likely N-dealkylation sites (N-methyl/N-ethyl adjacent to an activating group) is 1. The number of carbonyl (C=O) groups excluding carboxylic acids is 2. The Bertz CT molecular complexity index is 1150. The van der Waals surface area contributed by atoms with Crippen molar-refractivity contribution < 1.29 is 38.2 Å². The summed E-state index contributed by atoms with van der Waals surface area (Å²) in [6.07, 6.45) is 43.3. The van der Waals surface area contributed by atoms with Crippen molar-refractivity contribution in [3.05, 3.63) is 97.2 Å². The zero-order valence-electron chi connectivity index (χ0n) is 32.3. The van der Waals surface area contributed by atoms with E-state index in [9.17, 15) is 19.5 Å². The quantitative estimate of drug-likeness (QED) is 0.0252. The maximum atomic E-state index is 12.5. The standard InChI is InChI=1S/C43H67NO7/c1-6-8-10-12-14-16-17-18-19-20-21-22-23-24-25-26-28-29-31-33-41(45)50-38-39(37-49-36-35-40(43(47)48)44(3,4)5)51-42(46)34-32-30-27-15-13-11-9-7-2/h8,10,12,14,16-25,27,30,39-40H,6-7,9,11,13,15,26,28-29,31-38H2,1-5H3/p+1/b10-8+,14-12+,17-16+,19-18+,21-20+,23-22+,25-24+,30-27+. The van der Waals surface area contributed by atoms with Crippen LogP contribution in [0.4, 0.5) is 0 Å². The highest BCUT2D eigenvalue weighted by Crippen LogP contribution is 2.11. The molecule has 0 amide bonds. The lowest BCUT2D eigenvalue weighted by atomic mass is 10.1. The normalized spacial score (nSPS) is 14.1. The van der Waals surface area contributed by atoms with Gasteiger partial charge in [-0.25, -0.2) is 4.79 Å². The summed E-state index contributed by atoms with van der Waals surface area (Å²) in [6.45, 7) is 4.41. The van der Waals surface area contributed by atoms with E-state index >= 15 is 0 Å². The van der Waals surface area contributed by atoms with Gasteiger partial charge in [-0.3, -0.25) is 9.59 Å². The topological polar surface area (TPSA) is 99.1 Å². The number of carbonyl (C=O) groups is 3. The largest absolute Gasteiger partial charge is 0.477 e. The number of unbranched alkanes of at least 4 members (excludes halogenated alkanes) is 7. The Morgan fingerprint density at radius 1 is 0.608 bits per heavy atom. The molecule has 0 fully saturated rings. The summed E-state index contributed by atoms with van der Waals surface area (Å²) in [5.41, 5.74) is 0. The van der Waals surface area contributed by atoms with Gasteiger partial charge in [-0.1, -0.05) is 137 Å². The van der Waals surface area contributed by atoms with E-state index in [0.717, 1.165) is 38.5 Å². The molecule has 0 saturated carbocycles. The number of hydrogen-bond donors (Lipinski definition) is 1. The van der Waals surface area contributed by atoms with Crippen LogP contribution in [0.15, 0.2) is 97.2 Å². The molecule has 1 N–H and O–H groups in total. The van der Waals surface area contributed by atoms with Crippen molar-refractivity contribution in [3.8, 4) is 0 Å². The molecular formula is C43H68NO7+. The first kappa shape index (κ1) is 47.2. The first-order valence-electron chi connectivity index (χ1n) is 18.9. The van der Waals surface area contributed by atoms with E-state index in [1.165, 1.54) is 19.3 Å². The Balaban J connectivity index is 4.53. The second-order valence-corrected chi connectivity index (χ2v) is 13.3. The Morgan fingerprint density at radius 2 is 1.16 bits per heavy atom. The highest BCUT2D eigenvalue weighted by atomic mass is 16.6. The van der Waals surface area contributed by atoms with Gasteiger partial charge in [0.1, 0.15) is 6.61 Å². The van der Waals surface area contributed by atoms with Gasteiger partial charge in [-0.2, -0.15) is 0 Å². The summed E-state index contributed by atoms with van der Waals surface area (Å²) < 4.78 is 17.0. The predicted octanol–water partition coefficient (Wildman–Crippen LogP) is 9.57. The summed E-state index contributed by atoms with van der Waals surface area (Å²) in [4.78, 5) is 36.6. The van der Waals surface area contributed by atoms with Crippen LogP contribution >= 0.6 is 0 Å². The summed E-state index contributed by atoms with van der Waals surface area (Å²) >= 11 is 0. The average Bonchev–Trinajstić information content (AvgIpc) is 3.08. The zero-order valence-corrected chi connectivity index (χ0v) is 32.3. The number of esters is 2. The second-order valence-electron chi connectivity index (χ2n) is 13.3. The Hall–Kier alpha value is -3.75. The molecule has 0 aromatic carbocycles. The lowest BCUT2D eigenvalue weighted by molar-refractivity contribution is -0.887. The van der Waals surface area contributed by atoms with E-state index < -0.39 is 18.1 Å². The SMILES string of the molecule is CC/C=C/C=C/C=C/C=C/C=C/C=C/C=C/CCCCCC(=O)OCC(COCCC(C(=O)O)[N+](C)(C)C)OC(=O)CC/C=C/CCCCCC. The van der Waals surface area contributed by atoms with Gasteiger partial charge in [-0.15, -0.1) is 0 Å². The van der Waals surface area contributed by atoms with E-state index in [2.05, 4.69) is 32.1 Å². The molecule has 0 aliphatic carbocycles. The minimum atomic E-state index is -0.894. The Morgan fingerprint density at radius 3 is 1.73 bits per heavy atom. The van der Waals surface area contributed by atoms with E-state index in [4.69, 9.17) is 14.2 Å². The van der Waals surface area contributed by atoms with Crippen LogP contribution in [0.2, 0.25) is 0 Å². The maximum Gasteiger partial charge on any atom is 0.362 e. The number of nitrogens with zero attached hydrogens (tertiary/aromatic N) is 1. The van der Waals surface area contributed by atoms with Crippen LogP contribution in [0, 0.1) is 0 Å². The molecule has 0 aromatic rings. The average molecular weight is 711 g/mol. The number of aliphatic carboxylic acids is 1. The van der Waals surface area contributed by atoms with Crippen molar-refractivity contribution in [1.29, 1.82) is 0 Å². The summed E-state index contributed by atoms with van der Waals surface area (Å²) in [5.74, 6) is -1.61. The lowest BCUT2D eigenvalue weighted by Crippen LogP contribution is -2.50. The summed E-state index contributed by atoms with van der Waals surface area (Å²) in [6, 6.07) is -0.631. The minimum absolute atomic E-state index is 0.0234. The monoisotopic (exact) mass is 710 g/mol. The van der Waals surface area contributed by atoms with Crippen LogP contribution in [-0.2, 0) is 28.6 Å². The van der Waals surface area contributed by atoms with E-state index in [1.54, 1.807) is 0 Å². The highest BCUT2D eigenvalue weighted by Gasteiger charge is 2.31. The molecule has 0 rings (SSSR count). The lowest BCUT2D eigenvalue weighted by Gasteiger charge is -2.31. The molecule has 51 heavy (non-hydrogen) atoms. The van der Waals surface area contributed by atoms with Gasteiger partial charge in [0.15, 0.2) is 12.1 Å². The minimum Gasteiger partial charge on any atom is -0.477 e. The Kier molecular flexibility index (Phi) is 30.9. The first-order valence-corrected chi connectivity index (χ1v) is 18.9. The van der Waals surface area contributed by atoms with Gasteiger partial charge in [0.25, 0.3) is 0 Å². The smallest absolute Gasteiger partial charge is 0.362 e. The molecule has 8 heteroatoms. The molecule has 0 aliphatic heterocycles. The van der Waals surface area contributed by atoms with Gasteiger partial charge in [0.2, 0.25) is 0 Å². The van der Waals surface area contributed by atoms with E-state index in [1.807, 2.05) is 100 Å². The van der Waals surface area contributed by atoms with Gasteiger partial charge in [-0.05, 0) is 44.9 Å². The van der Waals surface area contributed by atoms with Crippen LogP contribution in [0.1, 0.15) is 104 Å². The number of hydrogen-bond acceptors (Lipinski definition) is 6. The Labute approximate surface area is 309 Å². The number of quaternary nitrogens is 1. The third kappa shape index (κ3) is 31.9. The molecule has 0 heterocycles. The second kappa shape index (κ2) is 33.4. The van der Waals surface area contributed by atoms with Crippen molar-refractivity contribution in [3.63, 3.8) is 0 Å². The number of rotatable bonds is 31. The van der Waals surface area contributed by atoms with Crippen LogP contribution in [0.3, 0.4) is 0 Å². The van der Waals surface area contributed by atoms with Gasteiger partial charge >= 0.3 is 17.9 Å². The van der Waals surface area contributed by atoms with Crippen LogP contribution < -0.4 is 0 Å². The zero-order chi connectivity index (χ0) is 37.8. The van der Waals surface area contributed by atoms with Gasteiger partial charge < -0.3 is 23.8 Å². The van der Waals surface area contributed by atoms with Crippen LogP contribution in [-0.4, -0.2) is 80.6 Å². The molecular weight excluding hydrogens is 642 g/mol. The maximum absolute atomic E-state index is 12.5. The third-order valence-corrected chi connectivity index (χ3v) is 7.68. The van der Waals surface area contributed by atoms with Crippen LogP contribution in [0.5, 0.6) is 0 Å². The molecule has 0 aliphatic rings. The van der Waals surface area contributed by atoms with E-state index in [0.29, 0.717) is 19.3 Å². The highest BCUT2D eigenvalue weighted by molar-refractivity contribution is 5.72. The molecule has 0 saturated heterocycles. The third-order valence-electron chi connectivity index (χ3n) is 7.68. The molecule has 2 unspecified atom stereocenters. The van der Waals surface area contributed by atoms with Crippen molar-refractivity contribution in [2.45, 2.75) is 116 Å². The number of ether oxygens (including phenoxy) is 3. The molecule has 0 bridgehead atoms. The summed E-state index contributed by atoms with van der Waals surface area (Å²) in [5, 5.41) is 9.56. The molecule has 2 atom stereocenters. The molecule has 286 valence electrons.